The van der Waals surface area contributed by atoms with Crippen molar-refractivity contribution in [1.82, 2.24) is 0 Å². The van der Waals surface area contributed by atoms with Crippen molar-refractivity contribution in [2.24, 2.45) is 11.7 Å². The van der Waals surface area contributed by atoms with Gasteiger partial charge in [0, 0.05) is 13.2 Å². The second kappa shape index (κ2) is 5.13. The highest BCUT2D eigenvalue weighted by Crippen LogP contribution is 2.37. The van der Waals surface area contributed by atoms with Crippen LogP contribution in [-0.2, 0) is 4.74 Å². The van der Waals surface area contributed by atoms with Gasteiger partial charge in [-0.1, -0.05) is 20.3 Å². The van der Waals surface area contributed by atoms with Gasteiger partial charge in [0.25, 0.3) is 0 Å². The number of nitrogens with two attached hydrogens (primary N) is 1. The molecule has 2 nitrogen and oxygen atoms in total. The Balaban J connectivity index is 2.57. The van der Waals surface area contributed by atoms with Crippen LogP contribution in [0.3, 0.4) is 0 Å². The van der Waals surface area contributed by atoms with Gasteiger partial charge in [-0.25, -0.2) is 0 Å². The van der Waals surface area contributed by atoms with Gasteiger partial charge in [-0.2, -0.15) is 0 Å². The molecule has 2 N–H and O–H groups in total. The van der Waals surface area contributed by atoms with E-state index in [0.29, 0.717) is 0 Å². The average Bonchev–Trinajstić information content (AvgIpc) is 2.20. The van der Waals surface area contributed by atoms with Gasteiger partial charge in [0.2, 0.25) is 0 Å². The fourth-order valence-corrected chi connectivity index (χ4v) is 2.55. The first-order valence-electron chi connectivity index (χ1n) is 5.95. The summed E-state index contributed by atoms with van der Waals surface area (Å²) in [7, 11) is 1.82. The third kappa shape index (κ3) is 2.48. The van der Waals surface area contributed by atoms with E-state index in [2.05, 4.69) is 13.8 Å². The fraction of sp³-hybridized carbons (Fsp3) is 1.00. The molecule has 1 aliphatic rings. The van der Waals surface area contributed by atoms with Crippen LogP contribution >= 0.6 is 0 Å². The van der Waals surface area contributed by atoms with Gasteiger partial charge in [0.05, 0.1) is 5.60 Å². The fourth-order valence-electron chi connectivity index (χ4n) is 2.55. The molecular weight excluding hydrogens is 174 g/mol. The van der Waals surface area contributed by atoms with Crippen LogP contribution in [0.15, 0.2) is 0 Å². The van der Waals surface area contributed by atoms with E-state index in [1.807, 2.05) is 7.11 Å². The first-order chi connectivity index (χ1) is 6.64. The molecular formula is C12H25NO. The Labute approximate surface area is 88.2 Å². The van der Waals surface area contributed by atoms with Crippen LogP contribution in [0.1, 0.15) is 52.4 Å². The van der Waals surface area contributed by atoms with Crippen LogP contribution in [0, 0.1) is 5.92 Å². The van der Waals surface area contributed by atoms with Crippen LogP contribution in [0.5, 0.6) is 0 Å². The molecule has 1 saturated carbocycles. The zero-order chi connectivity index (χ0) is 10.6. The summed E-state index contributed by atoms with van der Waals surface area (Å²) < 4.78 is 5.72. The van der Waals surface area contributed by atoms with Crippen LogP contribution in [0.2, 0.25) is 0 Å². The SMILES string of the molecule is CCC[C@@H](N)C1(OC)CCC(C)CC1. The monoisotopic (exact) mass is 199 g/mol. The first-order valence-corrected chi connectivity index (χ1v) is 5.95. The second-order valence-electron chi connectivity index (χ2n) is 4.85. The van der Waals surface area contributed by atoms with Crippen molar-refractivity contribution in [2.45, 2.75) is 64.0 Å². The largest absolute Gasteiger partial charge is 0.377 e. The lowest BCUT2D eigenvalue weighted by atomic mass is 9.74. The van der Waals surface area contributed by atoms with Crippen LogP contribution < -0.4 is 5.73 Å². The summed E-state index contributed by atoms with van der Waals surface area (Å²) >= 11 is 0. The highest BCUT2D eigenvalue weighted by atomic mass is 16.5. The Kier molecular flexibility index (Phi) is 4.39. The molecule has 1 atom stereocenters. The molecule has 0 bridgehead atoms. The Hall–Kier alpha value is -0.0800. The maximum atomic E-state index is 6.22. The molecule has 0 aromatic carbocycles. The minimum atomic E-state index is -0.0114. The lowest BCUT2D eigenvalue weighted by Crippen LogP contribution is -2.51. The number of hydrogen-bond donors (Lipinski definition) is 1. The summed E-state index contributed by atoms with van der Waals surface area (Å²) in [5, 5.41) is 0. The van der Waals surface area contributed by atoms with Crippen molar-refractivity contribution < 1.29 is 4.74 Å². The highest BCUT2D eigenvalue weighted by molar-refractivity contribution is 4.94. The maximum absolute atomic E-state index is 6.22. The Morgan fingerprint density at radius 1 is 1.43 bits per heavy atom. The first kappa shape index (κ1) is 12.0. The van der Waals surface area contributed by atoms with Gasteiger partial charge >= 0.3 is 0 Å². The molecule has 1 aliphatic carbocycles. The number of rotatable bonds is 4. The molecule has 0 heterocycles. The minimum absolute atomic E-state index is 0.0114. The lowest BCUT2D eigenvalue weighted by Gasteiger charge is -2.42. The summed E-state index contributed by atoms with van der Waals surface area (Å²) in [6.45, 7) is 4.51. The van der Waals surface area contributed by atoms with Gasteiger partial charge in [-0.3, -0.25) is 0 Å². The minimum Gasteiger partial charge on any atom is -0.377 e. The van der Waals surface area contributed by atoms with Gasteiger partial charge in [0.15, 0.2) is 0 Å². The maximum Gasteiger partial charge on any atom is 0.0829 e. The average molecular weight is 199 g/mol. The zero-order valence-corrected chi connectivity index (χ0v) is 9.88. The van der Waals surface area contributed by atoms with Crippen molar-refractivity contribution in [3.8, 4) is 0 Å². The van der Waals surface area contributed by atoms with Gasteiger partial charge in [0.1, 0.15) is 0 Å². The predicted octanol–water partition coefficient (Wildman–Crippen LogP) is 2.71. The molecule has 0 aromatic heterocycles. The van der Waals surface area contributed by atoms with E-state index in [0.717, 1.165) is 31.6 Å². The van der Waals surface area contributed by atoms with Crippen LogP contribution in [0.4, 0.5) is 0 Å². The number of methoxy groups -OCH3 is 1. The topological polar surface area (TPSA) is 35.2 Å². The van der Waals surface area contributed by atoms with E-state index in [4.69, 9.17) is 10.5 Å². The van der Waals surface area contributed by atoms with Crippen LogP contribution in [-0.4, -0.2) is 18.8 Å². The van der Waals surface area contributed by atoms with Crippen molar-refractivity contribution in [2.75, 3.05) is 7.11 Å². The molecule has 0 amide bonds. The van der Waals surface area contributed by atoms with Crippen LogP contribution in [0.25, 0.3) is 0 Å². The molecule has 1 fully saturated rings. The molecule has 2 heteroatoms. The molecule has 0 radical (unpaired) electrons. The zero-order valence-electron chi connectivity index (χ0n) is 9.88. The Bertz CT molecular complexity index is 162. The quantitative estimate of drug-likeness (QED) is 0.755. The van der Waals surface area contributed by atoms with Gasteiger partial charge < -0.3 is 10.5 Å². The van der Waals surface area contributed by atoms with Crippen molar-refractivity contribution >= 4 is 0 Å². The lowest BCUT2D eigenvalue weighted by molar-refractivity contribution is -0.0677. The smallest absolute Gasteiger partial charge is 0.0829 e. The van der Waals surface area contributed by atoms with Crippen molar-refractivity contribution in [3.63, 3.8) is 0 Å². The van der Waals surface area contributed by atoms with E-state index in [9.17, 15) is 0 Å². The normalized spacial score (nSPS) is 35.6. The highest BCUT2D eigenvalue weighted by Gasteiger charge is 2.38. The predicted molar refractivity (Wildman–Crippen MR) is 60.3 cm³/mol. The standard InChI is InChI=1S/C12H25NO/c1-4-5-11(13)12(14-3)8-6-10(2)7-9-12/h10-11H,4-9,13H2,1-3H3/t10?,11-,12?/m1/s1. The molecule has 84 valence electrons. The summed E-state index contributed by atoms with van der Waals surface area (Å²) in [4.78, 5) is 0. The van der Waals surface area contributed by atoms with E-state index in [1.165, 1.54) is 12.8 Å². The van der Waals surface area contributed by atoms with Gasteiger partial charge in [-0.15, -0.1) is 0 Å². The van der Waals surface area contributed by atoms with E-state index < -0.39 is 0 Å². The summed E-state index contributed by atoms with van der Waals surface area (Å²) in [6.07, 6.45) is 7.07. The summed E-state index contributed by atoms with van der Waals surface area (Å²) in [5.74, 6) is 0.854. The molecule has 0 spiro atoms. The third-order valence-electron chi connectivity index (χ3n) is 3.80. The Morgan fingerprint density at radius 2 is 2.00 bits per heavy atom. The summed E-state index contributed by atoms with van der Waals surface area (Å²) in [5.41, 5.74) is 6.21. The molecule has 0 aliphatic heterocycles. The van der Waals surface area contributed by atoms with E-state index in [1.54, 1.807) is 0 Å². The van der Waals surface area contributed by atoms with Crippen molar-refractivity contribution in [1.29, 1.82) is 0 Å². The van der Waals surface area contributed by atoms with Gasteiger partial charge in [-0.05, 0) is 38.0 Å². The number of hydrogen-bond acceptors (Lipinski definition) is 2. The Morgan fingerprint density at radius 3 is 2.43 bits per heavy atom. The molecule has 0 unspecified atom stereocenters. The van der Waals surface area contributed by atoms with E-state index in [-0.39, 0.29) is 11.6 Å². The summed E-state index contributed by atoms with van der Waals surface area (Å²) in [6, 6.07) is 0.227. The molecule has 0 saturated heterocycles. The van der Waals surface area contributed by atoms with Crippen molar-refractivity contribution in [3.05, 3.63) is 0 Å². The molecule has 14 heavy (non-hydrogen) atoms. The number of ether oxygens (including phenoxy) is 1. The second-order valence-corrected chi connectivity index (χ2v) is 4.85. The molecule has 0 aromatic rings. The van der Waals surface area contributed by atoms with E-state index >= 15 is 0 Å². The third-order valence-corrected chi connectivity index (χ3v) is 3.80. The molecule has 1 rings (SSSR count).